The summed E-state index contributed by atoms with van der Waals surface area (Å²) in [5, 5.41) is 14.1. The van der Waals surface area contributed by atoms with E-state index >= 15 is 0 Å². The number of rotatable bonds is 4. The number of cyclic esters (lactones) is 1. The molecule has 0 saturated carbocycles. The number of fused-ring (bicyclic) bond motifs is 1. The summed E-state index contributed by atoms with van der Waals surface area (Å²) in [5.41, 5.74) is 2.03. The minimum atomic E-state index is -0.250. The van der Waals surface area contributed by atoms with Crippen molar-refractivity contribution in [2.24, 2.45) is 0 Å². The van der Waals surface area contributed by atoms with E-state index in [1.54, 1.807) is 0 Å². The van der Waals surface area contributed by atoms with Crippen LogP contribution < -0.4 is 5.32 Å². The second kappa shape index (κ2) is 8.44. The Kier molecular flexibility index (Phi) is 6.30. The minimum Gasteiger partial charge on any atom is -0.483 e. The fourth-order valence-electron chi connectivity index (χ4n) is 2.84. The molecule has 1 atom stereocenters. The number of hydrogen-bond acceptors (Lipinski definition) is 6. The fourth-order valence-corrected chi connectivity index (χ4v) is 2.84. The first-order valence-corrected chi connectivity index (χ1v) is 7.81. The van der Waals surface area contributed by atoms with Gasteiger partial charge in [-0.2, -0.15) is 5.10 Å². The molecule has 1 aromatic rings. The van der Waals surface area contributed by atoms with Gasteiger partial charge in [-0.3, -0.25) is 24.0 Å². The Morgan fingerprint density at radius 2 is 2.29 bits per heavy atom. The highest BCUT2D eigenvalue weighted by atomic mass is 16.5. The van der Waals surface area contributed by atoms with Crippen LogP contribution in [0.2, 0.25) is 0 Å². The molecular formula is C15H22N4O5. The van der Waals surface area contributed by atoms with Crippen molar-refractivity contribution in [1.29, 1.82) is 0 Å². The molecule has 1 amide bonds. The Morgan fingerprint density at radius 3 is 2.92 bits per heavy atom. The number of hydrogen-bond donors (Lipinski definition) is 2. The smallest absolute Gasteiger partial charge is 0.306 e. The molecule has 1 unspecified atom stereocenters. The Balaban J connectivity index is 0.000000647. The monoisotopic (exact) mass is 338 g/mol. The normalized spacial score (nSPS) is 19.7. The summed E-state index contributed by atoms with van der Waals surface area (Å²) < 4.78 is 7.27. The Hall–Kier alpha value is -2.42. The number of nitrogens with one attached hydrogen (secondary N) is 1. The van der Waals surface area contributed by atoms with Gasteiger partial charge < -0.3 is 15.2 Å². The Labute approximate surface area is 139 Å². The molecule has 132 valence electrons. The molecular weight excluding hydrogens is 316 g/mol. The van der Waals surface area contributed by atoms with E-state index < -0.39 is 0 Å². The van der Waals surface area contributed by atoms with E-state index in [1.165, 1.54) is 6.92 Å². The van der Waals surface area contributed by atoms with Crippen LogP contribution in [0.3, 0.4) is 0 Å². The van der Waals surface area contributed by atoms with E-state index in [0.717, 1.165) is 44.0 Å². The number of esters is 1. The van der Waals surface area contributed by atoms with Crippen molar-refractivity contribution in [3.8, 4) is 0 Å². The predicted octanol–water partition coefficient (Wildman–Crippen LogP) is -0.259. The van der Waals surface area contributed by atoms with E-state index in [2.05, 4.69) is 15.3 Å². The fraction of sp³-hybridized carbons (Fsp3) is 0.600. The number of nitrogens with zero attached hydrogens (tertiary/aromatic N) is 3. The molecule has 1 saturated heterocycles. The summed E-state index contributed by atoms with van der Waals surface area (Å²) in [6.07, 6.45) is 1.39. The zero-order valence-electron chi connectivity index (χ0n) is 13.6. The van der Waals surface area contributed by atoms with Gasteiger partial charge in [0.05, 0.1) is 24.5 Å². The van der Waals surface area contributed by atoms with E-state index in [0.29, 0.717) is 13.0 Å². The van der Waals surface area contributed by atoms with Gasteiger partial charge in [-0.05, 0) is 12.5 Å². The van der Waals surface area contributed by atoms with E-state index in [1.807, 2.05) is 10.7 Å². The molecule has 2 aliphatic rings. The summed E-state index contributed by atoms with van der Waals surface area (Å²) >= 11 is 0. The Bertz CT molecular complexity index is 601. The summed E-state index contributed by atoms with van der Waals surface area (Å²) in [5.74, 6) is -0.134. The number of carbonyl (C=O) groups excluding carboxylic acids is 2. The third kappa shape index (κ3) is 5.05. The lowest BCUT2D eigenvalue weighted by atomic mass is 10.2. The second-order valence-corrected chi connectivity index (χ2v) is 5.75. The molecule has 3 heterocycles. The first kappa shape index (κ1) is 17.9. The van der Waals surface area contributed by atoms with Crippen LogP contribution in [0.15, 0.2) is 6.07 Å². The molecule has 0 aliphatic carbocycles. The topological polar surface area (TPSA) is 114 Å². The molecule has 3 rings (SSSR count). The van der Waals surface area contributed by atoms with Crippen molar-refractivity contribution in [3.05, 3.63) is 17.5 Å². The van der Waals surface area contributed by atoms with Crippen LogP contribution in [0, 0.1) is 0 Å². The van der Waals surface area contributed by atoms with Gasteiger partial charge in [0, 0.05) is 33.0 Å². The maximum Gasteiger partial charge on any atom is 0.306 e. The van der Waals surface area contributed by atoms with Crippen LogP contribution in [0.1, 0.15) is 31.2 Å². The molecule has 0 radical (unpaired) electrons. The molecule has 2 N–H and O–H groups in total. The SMILES string of the molecule is CC(=O)NCc1cc2n(n1)CCN(CC1CCC(=O)O1)C2.O=CO. The average molecular weight is 338 g/mol. The van der Waals surface area contributed by atoms with Gasteiger partial charge in [0.1, 0.15) is 6.10 Å². The first-order chi connectivity index (χ1) is 11.5. The van der Waals surface area contributed by atoms with E-state index in [4.69, 9.17) is 14.6 Å². The van der Waals surface area contributed by atoms with Crippen molar-refractivity contribution in [2.45, 2.75) is 45.5 Å². The maximum absolute atomic E-state index is 11.1. The molecule has 1 aromatic heterocycles. The zero-order chi connectivity index (χ0) is 17.5. The maximum atomic E-state index is 11.1. The summed E-state index contributed by atoms with van der Waals surface area (Å²) in [6, 6.07) is 2.03. The second-order valence-electron chi connectivity index (χ2n) is 5.75. The van der Waals surface area contributed by atoms with Crippen LogP contribution in [-0.4, -0.2) is 57.3 Å². The van der Waals surface area contributed by atoms with Gasteiger partial charge in [-0.15, -0.1) is 0 Å². The van der Waals surface area contributed by atoms with Gasteiger partial charge in [-0.1, -0.05) is 0 Å². The molecule has 9 nitrogen and oxygen atoms in total. The lowest BCUT2D eigenvalue weighted by Gasteiger charge is -2.29. The van der Waals surface area contributed by atoms with Crippen LogP contribution in [0.4, 0.5) is 0 Å². The van der Waals surface area contributed by atoms with Gasteiger partial charge in [0.25, 0.3) is 6.47 Å². The standard InChI is InChI=1S/C14H20N4O3.CH2O2/c1-10(19)15-7-11-6-12-8-17(4-5-18(12)16-11)9-13-2-3-14(20)21-13;2-1-3/h6,13H,2-5,7-9H2,1H3,(H,15,19);1H,(H,2,3). The van der Waals surface area contributed by atoms with Crippen LogP contribution in [0.25, 0.3) is 0 Å². The number of carbonyl (C=O) groups is 3. The third-order valence-corrected chi connectivity index (χ3v) is 3.88. The highest BCUT2D eigenvalue weighted by Gasteiger charge is 2.27. The van der Waals surface area contributed by atoms with Gasteiger partial charge >= 0.3 is 5.97 Å². The highest BCUT2D eigenvalue weighted by molar-refractivity contribution is 5.72. The number of amides is 1. The van der Waals surface area contributed by atoms with Gasteiger partial charge in [0.15, 0.2) is 0 Å². The molecule has 0 spiro atoms. The van der Waals surface area contributed by atoms with Crippen LogP contribution >= 0.6 is 0 Å². The molecule has 2 aliphatic heterocycles. The molecule has 24 heavy (non-hydrogen) atoms. The van der Waals surface area contributed by atoms with E-state index in [-0.39, 0.29) is 24.5 Å². The van der Waals surface area contributed by atoms with Gasteiger partial charge in [0.2, 0.25) is 5.91 Å². The first-order valence-electron chi connectivity index (χ1n) is 7.81. The van der Waals surface area contributed by atoms with E-state index in [9.17, 15) is 9.59 Å². The van der Waals surface area contributed by atoms with Crippen molar-refractivity contribution < 1.29 is 24.2 Å². The number of aromatic nitrogens is 2. The lowest BCUT2D eigenvalue weighted by molar-refractivity contribution is -0.142. The average Bonchev–Trinajstić information content (AvgIpc) is 3.11. The van der Waals surface area contributed by atoms with Crippen LogP contribution in [0.5, 0.6) is 0 Å². The highest BCUT2D eigenvalue weighted by Crippen LogP contribution is 2.19. The summed E-state index contributed by atoms with van der Waals surface area (Å²) in [6.45, 7) is 5.05. The van der Waals surface area contributed by atoms with Gasteiger partial charge in [-0.25, -0.2) is 0 Å². The zero-order valence-corrected chi connectivity index (χ0v) is 13.6. The quantitative estimate of drug-likeness (QED) is 0.574. The summed E-state index contributed by atoms with van der Waals surface area (Å²) in [7, 11) is 0. The molecule has 9 heteroatoms. The van der Waals surface area contributed by atoms with Crippen molar-refractivity contribution in [1.82, 2.24) is 20.0 Å². The van der Waals surface area contributed by atoms with Crippen molar-refractivity contribution >= 4 is 18.3 Å². The molecule has 0 bridgehead atoms. The predicted molar refractivity (Wildman–Crippen MR) is 82.8 cm³/mol. The largest absolute Gasteiger partial charge is 0.483 e. The minimum absolute atomic E-state index is 0.0332. The van der Waals surface area contributed by atoms with Crippen molar-refractivity contribution in [3.63, 3.8) is 0 Å². The number of carboxylic acid groups (broad SMARTS) is 1. The Morgan fingerprint density at radius 1 is 1.54 bits per heavy atom. The number of ether oxygens (including phenoxy) is 1. The molecule has 1 fully saturated rings. The summed E-state index contributed by atoms with van der Waals surface area (Å²) in [4.78, 5) is 32.7. The molecule has 0 aromatic carbocycles. The third-order valence-electron chi connectivity index (χ3n) is 3.88. The lowest BCUT2D eigenvalue weighted by Crippen LogP contribution is -2.38. The van der Waals surface area contributed by atoms with Crippen molar-refractivity contribution in [2.75, 3.05) is 13.1 Å². The van der Waals surface area contributed by atoms with Crippen LogP contribution in [-0.2, 0) is 38.8 Å².